The molecule has 8 heteroatoms. The summed E-state index contributed by atoms with van der Waals surface area (Å²) in [6.07, 6.45) is -2.88. The molecule has 2 heterocycles. The Labute approximate surface area is 154 Å². The van der Waals surface area contributed by atoms with Gasteiger partial charge in [0.25, 0.3) is 5.91 Å². The Bertz CT molecular complexity index is 845. The van der Waals surface area contributed by atoms with Crippen molar-refractivity contribution in [3.63, 3.8) is 0 Å². The minimum absolute atomic E-state index is 0.0740. The van der Waals surface area contributed by atoms with Gasteiger partial charge in [0.05, 0.1) is 11.8 Å². The van der Waals surface area contributed by atoms with E-state index in [1.807, 2.05) is 0 Å². The molecule has 2 amide bonds. The van der Waals surface area contributed by atoms with Gasteiger partial charge in [-0.3, -0.25) is 9.59 Å². The van der Waals surface area contributed by atoms with Gasteiger partial charge in [-0.15, -0.1) is 0 Å². The second kappa shape index (κ2) is 7.46. The highest BCUT2D eigenvalue weighted by Gasteiger charge is 2.31. The van der Waals surface area contributed by atoms with Crippen LogP contribution >= 0.6 is 0 Å². The van der Waals surface area contributed by atoms with E-state index in [9.17, 15) is 22.8 Å². The first-order chi connectivity index (χ1) is 12.8. The van der Waals surface area contributed by atoms with Crippen molar-refractivity contribution in [2.45, 2.75) is 26.1 Å². The Balaban J connectivity index is 1.69. The van der Waals surface area contributed by atoms with Crippen LogP contribution in [0.1, 0.15) is 33.7 Å². The lowest BCUT2D eigenvalue weighted by atomic mass is 10.1. The molecule has 0 bridgehead atoms. The van der Waals surface area contributed by atoms with Crippen LogP contribution in [0.3, 0.4) is 0 Å². The number of rotatable bonds is 3. The number of aryl methyl sites for hydroxylation is 1. The zero-order chi connectivity index (χ0) is 19.6. The van der Waals surface area contributed by atoms with Gasteiger partial charge < -0.3 is 14.2 Å². The maximum Gasteiger partial charge on any atom is 0.416 e. The summed E-state index contributed by atoms with van der Waals surface area (Å²) >= 11 is 0. The first-order valence-electron chi connectivity index (χ1n) is 8.53. The predicted molar refractivity (Wildman–Crippen MR) is 90.8 cm³/mol. The van der Waals surface area contributed by atoms with E-state index in [0.29, 0.717) is 12.1 Å². The van der Waals surface area contributed by atoms with E-state index in [0.717, 1.165) is 17.7 Å². The zero-order valence-electron chi connectivity index (χ0n) is 14.8. The minimum Gasteiger partial charge on any atom is -0.459 e. The van der Waals surface area contributed by atoms with Gasteiger partial charge in [-0.2, -0.15) is 13.2 Å². The van der Waals surface area contributed by atoms with Gasteiger partial charge in [0.1, 0.15) is 0 Å². The standard InChI is InChI=1S/C19H19F3N2O3/c1-13-6-10-27-17(13)18(26)23-7-5-16(25)24(9-8-23)12-14-3-2-4-15(11-14)19(20,21)22/h2-4,6,10-11H,5,7-9,12H2,1H3. The zero-order valence-corrected chi connectivity index (χ0v) is 14.8. The van der Waals surface area contributed by atoms with Crippen molar-refractivity contribution in [2.75, 3.05) is 19.6 Å². The number of halogens is 3. The molecule has 0 radical (unpaired) electrons. The van der Waals surface area contributed by atoms with Crippen LogP contribution in [0.2, 0.25) is 0 Å². The summed E-state index contributed by atoms with van der Waals surface area (Å²) in [5.41, 5.74) is 0.378. The Morgan fingerprint density at radius 3 is 2.63 bits per heavy atom. The maximum atomic E-state index is 12.9. The van der Waals surface area contributed by atoms with Crippen LogP contribution in [0.4, 0.5) is 13.2 Å². The second-order valence-corrected chi connectivity index (χ2v) is 6.49. The molecule has 2 aromatic rings. The van der Waals surface area contributed by atoms with Crippen LogP contribution in [0.25, 0.3) is 0 Å². The number of alkyl halides is 3. The van der Waals surface area contributed by atoms with Crippen molar-refractivity contribution in [3.05, 3.63) is 59.0 Å². The molecule has 0 aliphatic carbocycles. The molecule has 0 spiro atoms. The van der Waals surface area contributed by atoms with Gasteiger partial charge in [-0.1, -0.05) is 12.1 Å². The third-order valence-corrected chi connectivity index (χ3v) is 4.56. The summed E-state index contributed by atoms with van der Waals surface area (Å²) in [5, 5.41) is 0. The fraction of sp³-hybridized carbons (Fsp3) is 0.368. The van der Waals surface area contributed by atoms with E-state index in [2.05, 4.69) is 0 Å². The van der Waals surface area contributed by atoms with Crippen LogP contribution in [0.15, 0.2) is 41.0 Å². The highest BCUT2D eigenvalue weighted by Crippen LogP contribution is 2.30. The summed E-state index contributed by atoms with van der Waals surface area (Å²) < 4.78 is 43.8. The summed E-state index contributed by atoms with van der Waals surface area (Å²) in [6, 6.07) is 6.63. The molecule has 0 unspecified atom stereocenters. The van der Waals surface area contributed by atoms with Crippen LogP contribution in [-0.2, 0) is 17.5 Å². The molecule has 0 saturated carbocycles. The fourth-order valence-electron chi connectivity index (χ4n) is 3.04. The topological polar surface area (TPSA) is 53.8 Å². The monoisotopic (exact) mass is 380 g/mol. The molecule has 1 aromatic carbocycles. The lowest BCUT2D eigenvalue weighted by molar-refractivity contribution is -0.137. The largest absolute Gasteiger partial charge is 0.459 e. The number of hydrogen-bond donors (Lipinski definition) is 0. The molecule has 0 atom stereocenters. The summed E-state index contributed by atoms with van der Waals surface area (Å²) in [5.74, 6) is -0.237. The van der Waals surface area contributed by atoms with Crippen LogP contribution in [0.5, 0.6) is 0 Å². The smallest absolute Gasteiger partial charge is 0.416 e. The van der Waals surface area contributed by atoms with E-state index in [1.54, 1.807) is 19.1 Å². The molecule has 1 aliphatic heterocycles. The van der Waals surface area contributed by atoms with Crippen LogP contribution < -0.4 is 0 Å². The number of nitrogens with zero attached hydrogens (tertiary/aromatic N) is 2. The van der Waals surface area contributed by atoms with Crippen molar-refractivity contribution >= 4 is 11.8 Å². The number of furan rings is 1. The number of hydrogen-bond acceptors (Lipinski definition) is 3. The van der Waals surface area contributed by atoms with Crippen molar-refractivity contribution in [1.82, 2.24) is 9.80 Å². The number of amides is 2. The molecular formula is C19H19F3N2O3. The highest BCUT2D eigenvalue weighted by molar-refractivity contribution is 5.93. The number of benzene rings is 1. The molecule has 0 N–H and O–H groups in total. The fourth-order valence-corrected chi connectivity index (χ4v) is 3.04. The predicted octanol–water partition coefficient (Wildman–Crippen LogP) is 3.48. The van der Waals surface area contributed by atoms with Crippen LogP contribution in [-0.4, -0.2) is 41.2 Å². The number of carbonyl (C=O) groups is 2. The van der Waals surface area contributed by atoms with Crippen LogP contribution in [0, 0.1) is 6.92 Å². The lowest BCUT2D eigenvalue weighted by Crippen LogP contribution is -2.35. The molecule has 1 aromatic heterocycles. The van der Waals surface area contributed by atoms with Gasteiger partial charge in [-0.05, 0) is 30.7 Å². The van der Waals surface area contributed by atoms with Crippen molar-refractivity contribution in [1.29, 1.82) is 0 Å². The maximum absolute atomic E-state index is 12.9. The van der Waals surface area contributed by atoms with Gasteiger partial charge in [0.2, 0.25) is 5.91 Å². The highest BCUT2D eigenvalue weighted by atomic mass is 19.4. The molecule has 3 rings (SSSR count). The van der Waals surface area contributed by atoms with Gasteiger partial charge in [-0.25, -0.2) is 0 Å². The summed E-state index contributed by atoms with van der Waals surface area (Å²) in [4.78, 5) is 27.9. The van der Waals surface area contributed by atoms with E-state index in [1.165, 1.54) is 22.1 Å². The molecule has 1 saturated heterocycles. The molecular weight excluding hydrogens is 361 g/mol. The Morgan fingerprint density at radius 2 is 1.96 bits per heavy atom. The Morgan fingerprint density at radius 1 is 1.19 bits per heavy atom. The minimum atomic E-state index is -4.43. The molecule has 5 nitrogen and oxygen atoms in total. The van der Waals surface area contributed by atoms with Gasteiger partial charge in [0, 0.05) is 38.2 Å². The first-order valence-corrected chi connectivity index (χ1v) is 8.53. The van der Waals surface area contributed by atoms with Crippen molar-refractivity contribution in [3.8, 4) is 0 Å². The van der Waals surface area contributed by atoms with Gasteiger partial charge in [0.15, 0.2) is 5.76 Å². The molecule has 1 fully saturated rings. The Hall–Kier alpha value is -2.77. The Kier molecular flexibility index (Phi) is 5.25. The molecule has 27 heavy (non-hydrogen) atoms. The van der Waals surface area contributed by atoms with E-state index in [-0.39, 0.29) is 43.6 Å². The van der Waals surface area contributed by atoms with E-state index in [4.69, 9.17) is 4.42 Å². The average molecular weight is 380 g/mol. The summed E-state index contributed by atoms with van der Waals surface area (Å²) in [6.45, 7) is 2.63. The van der Waals surface area contributed by atoms with Crippen molar-refractivity contribution in [2.24, 2.45) is 0 Å². The third kappa shape index (κ3) is 4.32. The average Bonchev–Trinajstić information content (AvgIpc) is 2.96. The van der Waals surface area contributed by atoms with Gasteiger partial charge >= 0.3 is 6.18 Å². The SMILES string of the molecule is Cc1ccoc1C(=O)N1CCC(=O)N(Cc2cccc(C(F)(F)F)c2)CC1. The van der Waals surface area contributed by atoms with E-state index < -0.39 is 11.7 Å². The normalized spacial score (nSPS) is 15.8. The quantitative estimate of drug-likeness (QED) is 0.819. The molecule has 144 valence electrons. The van der Waals surface area contributed by atoms with Crippen molar-refractivity contribution < 1.29 is 27.2 Å². The number of carbonyl (C=O) groups excluding carboxylic acids is 2. The summed E-state index contributed by atoms with van der Waals surface area (Å²) in [7, 11) is 0. The third-order valence-electron chi connectivity index (χ3n) is 4.56. The second-order valence-electron chi connectivity index (χ2n) is 6.49. The van der Waals surface area contributed by atoms with E-state index >= 15 is 0 Å². The lowest BCUT2D eigenvalue weighted by Gasteiger charge is -2.22. The molecule has 1 aliphatic rings. The first kappa shape index (κ1) is 19.0.